The number of aliphatic hydroxyl groups is 1. The van der Waals surface area contributed by atoms with Gasteiger partial charge in [0.05, 0.1) is 19.3 Å². The standard InChI is InChI=1S/C14H21N3O3/c1-15-13-4-2-3-12(16-13)14(19)17-7-5-11(6-8-17)20-10-9-18/h2-4,11,18H,5-10H2,1H3,(H,15,16). The fourth-order valence-electron chi connectivity index (χ4n) is 2.30. The van der Waals surface area contributed by atoms with Crippen LogP contribution in [-0.2, 0) is 4.74 Å². The van der Waals surface area contributed by atoms with E-state index in [0.717, 1.165) is 12.8 Å². The lowest BCUT2D eigenvalue weighted by molar-refractivity contribution is -0.00564. The van der Waals surface area contributed by atoms with E-state index in [1.54, 1.807) is 18.0 Å². The number of hydrogen-bond acceptors (Lipinski definition) is 5. The van der Waals surface area contributed by atoms with Crippen LogP contribution in [0, 0.1) is 0 Å². The van der Waals surface area contributed by atoms with Crippen molar-refractivity contribution in [1.82, 2.24) is 9.88 Å². The number of pyridine rings is 1. The lowest BCUT2D eigenvalue weighted by Crippen LogP contribution is -2.41. The summed E-state index contributed by atoms with van der Waals surface area (Å²) in [6.45, 7) is 1.74. The summed E-state index contributed by atoms with van der Waals surface area (Å²) in [4.78, 5) is 18.4. The summed E-state index contributed by atoms with van der Waals surface area (Å²) in [7, 11) is 1.78. The smallest absolute Gasteiger partial charge is 0.272 e. The lowest BCUT2D eigenvalue weighted by atomic mass is 10.1. The van der Waals surface area contributed by atoms with Gasteiger partial charge in [0.2, 0.25) is 0 Å². The number of ether oxygens (including phenoxy) is 1. The van der Waals surface area contributed by atoms with Crippen LogP contribution in [0.5, 0.6) is 0 Å². The monoisotopic (exact) mass is 279 g/mol. The molecule has 1 saturated heterocycles. The maximum absolute atomic E-state index is 12.3. The molecule has 2 rings (SSSR count). The largest absolute Gasteiger partial charge is 0.394 e. The van der Waals surface area contributed by atoms with Gasteiger partial charge in [0, 0.05) is 20.1 Å². The minimum absolute atomic E-state index is 0.0392. The third-order valence-electron chi connectivity index (χ3n) is 3.40. The van der Waals surface area contributed by atoms with Crippen molar-refractivity contribution in [3.8, 4) is 0 Å². The Morgan fingerprint density at radius 1 is 1.50 bits per heavy atom. The average Bonchev–Trinajstić information content (AvgIpc) is 2.52. The molecule has 110 valence electrons. The zero-order chi connectivity index (χ0) is 14.4. The Morgan fingerprint density at radius 3 is 2.90 bits per heavy atom. The van der Waals surface area contributed by atoms with Gasteiger partial charge >= 0.3 is 0 Å². The van der Waals surface area contributed by atoms with Crippen LogP contribution in [0.3, 0.4) is 0 Å². The second-order valence-corrected chi connectivity index (χ2v) is 4.74. The zero-order valence-electron chi connectivity index (χ0n) is 11.7. The van der Waals surface area contributed by atoms with E-state index in [9.17, 15) is 4.79 Å². The Morgan fingerprint density at radius 2 is 2.25 bits per heavy atom. The Bertz CT molecular complexity index is 445. The van der Waals surface area contributed by atoms with Gasteiger partial charge in [-0.1, -0.05) is 6.07 Å². The van der Waals surface area contributed by atoms with E-state index in [2.05, 4.69) is 10.3 Å². The Balaban J connectivity index is 1.91. The number of piperidine rings is 1. The summed E-state index contributed by atoms with van der Waals surface area (Å²) in [6, 6.07) is 5.38. The van der Waals surface area contributed by atoms with Crippen LogP contribution in [0.4, 0.5) is 5.82 Å². The highest BCUT2D eigenvalue weighted by atomic mass is 16.5. The molecule has 6 heteroatoms. The van der Waals surface area contributed by atoms with Crippen molar-refractivity contribution in [2.24, 2.45) is 0 Å². The molecule has 0 bridgehead atoms. The topological polar surface area (TPSA) is 74.7 Å². The van der Waals surface area contributed by atoms with E-state index in [0.29, 0.717) is 31.2 Å². The van der Waals surface area contributed by atoms with Crippen LogP contribution in [0.15, 0.2) is 18.2 Å². The summed E-state index contributed by atoms with van der Waals surface area (Å²) < 4.78 is 5.49. The van der Waals surface area contributed by atoms with Crippen LogP contribution in [0.1, 0.15) is 23.3 Å². The van der Waals surface area contributed by atoms with Gasteiger partial charge in [-0.25, -0.2) is 4.98 Å². The van der Waals surface area contributed by atoms with Crippen molar-refractivity contribution in [2.75, 3.05) is 38.7 Å². The highest BCUT2D eigenvalue weighted by Gasteiger charge is 2.24. The van der Waals surface area contributed by atoms with E-state index >= 15 is 0 Å². The van der Waals surface area contributed by atoms with E-state index in [1.165, 1.54) is 0 Å². The predicted molar refractivity (Wildman–Crippen MR) is 75.7 cm³/mol. The molecule has 1 aliphatic rings. The number of rotatable bonds is 5. The molecule has 0 radical (unpaired) electrons. The van der Waals surface area contributed by atoms with E-state index in [-0.39, 0.29) is 18.6 Å². The molecule has 1 aromatic rings. The fraction of sp³-hybridized carbons (Fsp3) is 0.571. The van der Waals surface area contributed by atoms with Gasteiger partial charge < -0.3 is 20.1 Å². The quantitative estimate of drug-likeness (QED) is 0.831. The highest BCUT2D eigenvalue weighted by molar-refractivity contribution is 5.92. The minimum atomic E-state index is -0.0392. The fourth-order valence-corrected chi connectivity index (χ4v) is 2.30. The normalized spacial score (nSPS) is 16.2. The first kappa shape index (κ1) is 14.7. The van der Waals surface area contributed by atoms with Crippen molar-refractivity contribution >= 4 is 11.7 Å². The van der Waals surface area contributed by atoms with E-state index < -0.39 is 0 Å². The number of aliphatic hydroxyl groups excluding tert-OH is 1. The first-order chi connectivity index (χ1) is 9.74. The molecule has 2 heterocycles. The van der Waals surface area contributed by atoms with Crippen LogP contribution < -0.4 is 5.32 Å². The predicted octanol–water partition coefficient (Wildman–Crippen LogP) is 0.737. The molecular formula is C14H21N3O3. The van der Waals surface area contributed by atoms with Crippen LogP contribution in [0.25, 0.3) is 0 Å². The number of anilines is 1. The van der Waals surface area contributed by atoms with Crippen LogP contribution >= 0.6 is 0 Å². The van der Waals surface area contributed by atoms with Gasteiger partial charge in [0.15, 0.2) is 0 Å². The van der Waals surface area contributed by atoms with Crippen molar-refractivity contribution in [3.63, 3.8) is 0 Å². The number of carbonyl (C=O) groups is 1. The molecule has 20 heavy (non-hydrogen) atoms. The van der Waals surface area contributed by atoms with Gasteiger partial charge in [-0.05, 0) is 25.0 Å². The van der Waals surface area contributed by atoms with Gasteiger partial charge in [-0.2, -0.15) is 0 Å². The first-order valence-electron chi connectivity index (χ1n) is 6.91. The van der Waals surface area contributed by atoms with Crippen molar-refractivity contribution in [1.29, 1.82) is 0 Å². The van der Waals surface area contributed by atoms with Crippen molar-refractivity contribution < 1.29 is 14.6 Å². The number of nitrogens with one attached hydrogen (secondary N) is 1. The van der Waals surface area contributed by atoms with E-state index in [4.69, 9.17) is 9.84 Å². The van der Waals surface area contributed by atoms with Crippen LogP contribution in [-0.4, -0.2) is 60.4 Å². The molecule has 0 unspecified atom stereocenters. The molecule has 0 atom stereocenters. The summed E-state index contributed by atoms with van der Waals surface area (Å²) in [6.07, 6.45) is 1.75. The third-order valence-corrected chi connectivity index (χ3v) is 3.40. The number of likely N-dealkylation sites (tertiary alicyclic amines) is 1. The number of aromatic nitrogens is 1. The first-order valence-corrected chi connectivity index (χ1v) is 6.91. The zero-order valence-corrected chi connectivity index (χ0v) is 11.7. The summed E-state index contributed by atoms with van der Waals surface area (Å²) >= 11 is 0. The molecule has 6 nitrogen and oxygen atoms in total. The molecule has 1 aromatic heterocycles. The van der Waals surface area contributed by atoms with Gasteiger partial charge in [-0.3, -0.25) is 4.79 Å². The van der Waals surface area contributed by atoms with Crippen molar-refractivity contribution in [2.45, 2.75) is 18.9 Å². The molecule has 1 fully saturated rings. The summed E-state index contributed by atoms with van der Waals surface area (Å²) in [5.41, 5.74) is 0.464. The molecule has 0 aromatic carbocycles. The molecule has 2 N–H and O–H groups in total. The number of hydrogen-bond donors (Lipinski definition) is 2. The second kappa shape index (κ2) is 7.21. The lowest BCUT2D eigenvalue weighted by Gasteiger charge is -2.31. The molecule has 1 amide bonds. The maximum atomic E-state index is 12.3. The summed E-state index contributed by atoms with van der Waals surface area (Å²) in [5.74, 6) is 0.653. The SMILES string of the molecule is CNc1cccc(C(=O)N2CCC(OCCO)CC2)n1. The Kier molecular flexibility index (Phi) is 5.31. The maximum Gasteiger partial charge on any atom is 0.272 e. The second-order valence-electron chi connectivity index (χ2n) is 4.74. The molecule has 0 saturated carbocycles. The number of carbonyl (C=O) groups excluding carboxylic acids is 1. The molecule has 0 spiro atoms. The van der Waals surface area contributed by atoms with Gasteiger partial charge in [0.25, 0.3) is 5.91 Å². The Hall–Kier alpha value is -1.66. The molecular weight excluding hydrogens is 258 g/mol. The van der Waals surface area contributed by atoms with Crippen molar-refractivity contribution in [3.05, 3.63) is 23.9 Å². The molecule has 0 aliphatic carbocycles. The van der Waals surface area contributed by atoms with Gasteiger partial charge in [0.1, 0.15) is 11.5 Å². The van der Waals surface area contributed by atoms with Gasteiger partial charge in [-0.15, -0.1) is 0 Å². The van der Waals surface area contributed by atoms with E-state index in [1.807, 2.05) is 12.1 Å². The highest BCUT2D eigenvalue weighted by Crippen LogP contribution is 2.16. The van der Waals surface area contributed by atoms with Crippen LogP contribution in [0.2, 0.25) is 0 Å². The third kappa shape index (κ3) is 3.68. The molecule has 1 aliphatic heterocycles. The summed E-state index contributed by atoms with van der Waals surface area (Å²) in [5, 5.41) is 11.7. The minimum Gasteiger partial charge on any atom is -0.394 e. The Labute approximate surface area is 118 Å². The average molecular weight is 279 g/mol. The number of nitrogens with zero attached hydrogens (tertiary/aromatic N) is 2. The number of amides is 1.